The van der Waals surface area contributed by atoms with E-state index in [1.807, 2.05) is 54.6 Å². The Balaban J connectivity index is 1.13. The molecule has 1 aliphatic carbocycles. The SMILES string of the molecule is CC1(C)c2ccc(C#N)cc2-c2ccc(-c3ccc(-c4nc(-c5ccccc5)nc(-c5cc(-c6ccccc6)cc(-c6ccccc6)c5)n4)cc3)cc21. The van der Waals surface area contributed by atoms with E-state index in [-0.39, 0.29) is 5.41 Å². The molecule has 0 aliphatic heterocycles. The van der Waals surface area contributed by atoms with Crippen molar-refractivity contribution < 1.29 is 0 Å². The van der Waals surface area contributed by atoms with Crippen LogP contribution in [0.4, 0.5) is 0 Å². The van der Waals surface area contributed by atoms with Crippen LogP contribution in [-0.4, -0.2) is 15.0 Å². The Labute approximate surface area is 309 Å². The van der Waals surface area contributed by atoms with E-state index in [0.717, 1.165) is 55.6 Å². The number of hydrogen-bond acceptors (Lipinski definition) is 4. The second-order valence-corrected chi connectivity index (χ2v) is 14.0. The normalized spacial score (nSPS) is 12.5. The molecule has 53 heavy (non-hydrogen) atoms. The van der Waals surface area contributed by atoms with E-state index < -0.39 is 0 Å². The zero-order valence-corrected chi connectivity index (χ0v) is 29.5. The van der Waals surface area contributed by atoms with Crippen molar-refractivity contribution in [3.63, 3.8) is 0 Å². The molecule has 0 spiro atoms. The first-order chi connectivity index (χ1) is 25.9. The van der Waals surface area contributed by atoms with Gasteiger partial charge in [-0.05, 0) is 92.0 Å². The van der Waals surface area contributed by atoms with Crippen molar-refractivity contribution in [3.05, 3.63) is 187 Å². The van der Waals surface area contributed by atoms with Crippen LogP contribution in [0.3, 0.4) is 0 Å². The van der Waals surface area contributed by atoms with Crippen molar-refractivity contribution in [3.8, 4) is 84.7 Å². The third kappa shape index (κ3) is 5.89. The molecule has 8 aromatic rings. The lowest BCUT2D eigenvalue weighted by molar-refractivity contribution is 0.660. The molecule has 1 aliphatic rings. The zero-order chi connectivity index (χ0) is 35.9. The van der Waals surface area contributed by atoms with Gasteiger partial charge in [-0.1, -0.05) is 147 Å². The summed E-state index contributed by atoms with van der Waals surface area (Å²) in [7, 11) is 0. The predicted octanol–water partition coefficient (Wildman–Crippen LogP) is 12.1. The van der Waals surface area contributed by atoms with Crippen LogP contribution >= 0.6 is 0 Å². The van der Waals surface area contributed by atoms with Crippen LogP contribution in [0.2, 0.25) is 0 Å². The van der Waals surface area contributed by atoms with E-state index in [4.69, 9.17) is 15.0 Å². The summed E-state index contributed by atoms with van der Waals surface area (Å²) in [5.41, 5.74) is 14.9. The second-order valence-electron chi connectivity index (χ2n) is 14.0. The number of nitrogens with zero attached hydrogens (tertiary/aromatic N) is 4. The van der Waals surface area contributed by atoms with Crippen LogP contribution in [-0.2, 0) is 5.41 Å². The summed E-state index contributed by atoms with van der Waals surface area (Å²) in [5.74, 6) is 1.86. The van der Waals surface area contributed by atoms with Gasteiger partial charge >= 0.3 is 0 Å². The molecule has 0 radical (unpaired) electrons. The Morgan fingerprint density at radius 2 is 0.830 bits per heavy atom. The minimum absolute atomic E-state index is 0.165. The molecule has 9 rings (SSSR count). The maximum atomic E-state index is 9.54. The smallest absolute Gasteiger partial charge is 0.164 e. The molecule has 7 aromatic carbocycles. The summed E-state index contributed by atoms with van der Waals surface area (Å²) in [6.45, 7) is 4.52. The third-order valence-electron chi connectivity index (χ3n) is 10.4. The van der Waals surface area contributed by atoms with Gasteiger partial charge in [-0.25, -0.2) is 15.0 Å². The summed E-state index contributed by atoms with van der Waals surface area (Å²) in [6.07, 6.45) is 0. The van der Waals surface area contributed by atoms with Gasteiger partial charge in [-0.3, -0.25) is 0 Å². The van der Waals surface area contributed by atoms with Crippen molar-refractivity contribution in [1.29, 1.82) is 5.26 Å². The fraction of sp³-hybridized carbons (Fsp3) is 0.0612. The lowest BCUT2D eigenvalue weighted by atomic mass is 9.81. The van der Waals surface area contributed by atoms with E-state index in [1.54, 1.807) is 0 Å². The molecule has 0 unspecified atom stereocenters. The molecular weight excluding hydrogens is 645 g/mol. The standard InChI is InChI=1S/C49H34N4/c1-49(2)44-25-18-32(31-50)26-43(44)42-24-23-38(30-45(42)49)35-19-21-37(22-20-35)47-51-46(36-16-10-5-11-17-36)52-48(53-47)41-28-39(33-12-6-3-7-13-33)27-40(29-41)34-14-8-4-9-15-34/h3-30H,1-2H3. The summed E-state index contributed by atoms with van der Waals surface area (Å²) in [6, 6.07) is 61.1. The van der Waals surface area contributed by atoms with Gasteiger partial charge < -0.3 is 0 Å². The molecule has 0 fully saturated rings. The molecule has 0 saturated carbocycles. The molecule has 1 heterocycles. The molecule has 4 heteroatoms. The van der Waals surface area contributed by atoms with Crippen LogP contribution in [0.15, 0.2) is 170 Å². The Morgan fingerprint density at radius 3 is 1.40 bits per heavy atom. The zero-order valence-electron chi connectivity index (χ0n) is 29.5. The number of rotatable bonds is 6. The number of fused-ring (bicyclic) bond motifs is 3. The average molecular weight is 679 g/mol. The van der Waals surface area contributed by atoms with Crippen molar-refractivity contribution in [2.75, 3.05) is 0 Å². The van der Waals surface area contributed by atoms with Crippen LogP contribution in [0.1, 0.15) is 30.5 Å². The molecule has 1 aromatic heterocycles. The van der Waals surface area contributed by atoms with Gasteiger partial charge in [0, 0.05) is 22.1 Å². The van der Waals surface area contributed by atoms with Crippen molar-refractivity contribution in [2.45, 2.75) is 19.3 Å². The highest BCUT2D eigenvalue weighted by atomic mass is 15.0. The fourth-order valence-electron chi connectivity index (χ4n) is 7.52. The first kappa shape index (κ1) is 32.0. The summed E-state index contributed by atoms with van der Waals surface area (Å²) in [5, 5.41) is 9.54. The van der Waals surface area contributed by atoms with E-state index in [0.29, 0.717) is 23.0 Å². The molecular formula is C49H34N4. The number of aromatic nitrogens is 3. The molecule has 4 nitrogen and oxygen atoms in total. The second kappa shape index (κ2) is 13.0. The highest BCUT2D eigenvalue weighted by Gasteiger charge is 2.35. The molecule has 0 saturated heterocycles. The number of benzene rings is 7. The van der Waals surface area contributed by atoms with Gasteiger partial charge in [-0.15, -0.1) is 0 Å². The van der Waals surface area contributed by atoms with Gasteiger partial charge in [0.2, 0.25) is 0 Å². The first-order valence-corrected chi connectivity index (χ1v) is 17.8. The largest absolute Gasteiger partial charge is 0.208 e. The van der Waals surface area contributed by atoms with Crippen LogP contribution in [0, 0.1) is 11.3 Å². The maximum absolute atomic E-state index is 9.54. The Morgan fingerprint density at radius 1 is 0.377 bits per heavy atom. The molecule has 250 valence electrons. The summed E-state index contributed by atoms with van der Waals surface area (Å²) < 4.78 is 0. The van der Waals surface area contributed by atoms with Gasteiger partial charge in [-0.2, -0.15) is 5.26 Å². The van der Waals surface area contributed by atoms with Gasteiger partial charge in [0.1, 0.15) is 0 Å². The minimum atomic E-state index is -0.165. The average Bonchev–Trinajstić information content (AvgIpc) is 3.46. The Hall–Kier alpha value is -6.96. The lowest BCUT2D eigenvalue weighted by Crippen LogP contribution is -2.15. The van der Waals surface area contributed by atoms with E-state index >= 15 is 0 Å². The van der Waals surface area contributed by atoms with Crippen LogP contribution in [0.25, 0.3) is 78.7 Å². The van der Waals surface area contributed by atoms with Crippen LogP contribution < -0.4 is 0 Å². The van der Waals surface area contributed by atoms with E-state index in [9.17, 15) is 5.26 Å². The fourth-order valence-corrected chi connectivity index (χ4v) is 7.52. The van der Waals surface area contributed by atoms with E-state index in [1.165, 1.54) is 16.7 Å². The highest BCUT2D eigenvalue weighted by Crippen LogP contribution is 2.50. The maximum Gasteiger partial charge on any atom is 0.164 e. The van der Waals surface area contributed by atoms with Gasteiger partial charge in [0.15, 0.2) is 17.5 Å². The minimum Gasteiger partial charge on any atom is -0.208 e. The quantitative estimate of drug-likeness (QED) is 0.176. The predicted molar refractivity (Wildman–Crippen MR) is 215 cm³/mol. The van der Waals surface area contributed by atoms with Crippen LogP contribution in [0.5, 0.6) is 0 Å². The van der Waals surface area contributed by atoms with Gasteiger partial charge in [0.05, 0.1) is 11.6 Å². The molecule has 0 N–H and O–H groups in total. The number of nitriles is 1. The van der Waals surface area contributed by atoms with E-state index in [2.05, 4.69) is 135 Å². The highest BCUT2D eigenvalue weighted by molar-refractivity contribution is 5.85. The Kier molecular flexibility index (Phi) is 7.83. The first-order valence-electron chi connectivity index (χ1n) is 17.8. The summed E-state index contributed by atoms with van der Waals surface area (Å²) in [4.78, 5) is 15.2. The van der Waals surface area contributed by atoms with Crippen molar-refractivity contribution in [1.82, 2.24) is 15.0 Å². The molecule has 0 atom stereocenters. The van der Waals surface area contributed by atoms with Gasteiger partial charge in [0.25, 0.3) is 0 Å². The van der Waals surface area contributed by atoms with Crippen molar-refractivity contribution >= 4 is 0 Å². The van der Waals surface area contributed by atoms with Crippen molar-refractivity contribution in [2.24, 2.45) is 0 Å². The molecule has 0 bridgehead atoms. The lowest BCUT2D eigenvalue weighted by Gasteiger charge is -2.22. The number of hydrogen-bond donors (Lipinski definition) is 0. The topological polar surface area (TPSA) is 62.5 Å². The third-order valence-corrected chi connectivity index (χ3v) is 10.4. The monoisotopic (exact) mass is 678 g/mol. The molecule has 0 amide bonds. The summed E-state index contributed by atoms with van der Waals surface area (Å²) >= 11 is 0. The Bertz CT molecular complexity index is 2620.